The highest BCUT2D eigenvalue weighted by atomic mass is 79.9. The molecule has 0 fully saturated rings. The van der Waals surface area contributed by atoms with E-state index in [4.69, 9.17) is 0 Å². The first-order valence-electron chi connectivity index (χ1n) is 7.53. The fourth-order valence-corrected chi connectivity index (χ4v) is 4.36. The first kappa shape index (κ1) is 16.3. The number of phenols is 1. The number of phenolic OH excluding ortho intramolecular Hbond substituents is 1. The zero-order chi connectivity index (χ0) is 17.7. The zero-order valence-electron chi connectivity index (χ0n) is 12.8. The van der Waals surface area contributed by atoms with Crippen molar-refractivity contribution >= 4 is 37.5 Å². The third-order valence-electron chi connectivity index (χ3n) is 4.45. The third kappa shape index (κ3) is 2.65. The summed E-state index contributed by atoms with van der Waals surface area (Å²) in [5.74, 6) is -0.329. The number of halogens is 2. The van der Waals surface area contributed by atoms with E-state index in [1.165, 1.54) is 23.3 Å². The van der Waals surface area contributed by atoms with E-state index >= 15 is 0 Å². The maximum atomic E-state index is 11.2. The maximum absolute atomic E-state index is 11.2. The molecule has 4 rings (SSSR count). The van der Waals surface area contributed by atoms with Crippen LogP contribution in [0.5, 0.6) is 5.75 Å². The van der Waals surface area contributed by atoms with Gasteiger partial charge in [-0.25, -0.2) is 0 Å². The number of hydrogen-bond donors (Lipinski definition) is 1. The standard InChI is InChI=1S/C19H11Br2NO3/c20-12-2-3-13-11(7-12)8-15-14(13)4-5-16(21)19(15)10-1-6-18(23)17(9-10)22(24)25/h1-7,9,23H,8H2. The molecule has 0 aromatic heterocycles. The second-order valence-corrected chi connectivity index (χ2v) is 7.66. The van der Waals surface area contributed by atoms with Crippen LogP contribution in [-0.4, -0.2) is 10.0 Å². The Balaban J connectivity index is 1.94. The summed E-state index contributed by atoms with van der Waals surface area (Å²) in [6.45, 7) is 0. The number of hydrogen-bond acceptors (Lipinski definition) is 3. The second kappa shape index (κ2) is 5.97. The highest BCUT2D eigenvalue weighted by Gasteiger charge is 2.25. The predicted molar refractivity (Wildman–Crippen MR) is 104 cm³/mol. The summed E-state index contributed by atoms with van der Waals surface area (Å²) in [6, 6.07) is 14.7. The maximum Gasteiger partial charge on any atom is 0.311 e. The first-order valence-corrected chi connectivity index (χ1v) is 9.12. The van der Waals surface area contributed by atoms with Crippen molar-refractivity contribution in [1.82, 2.24) is 0 Å². The van der Waals surface area contributed by atoms with Gasteiger partial charge in [-0.2, -0.15) is 0 Å². The van der Waals surface area contributed by atoms with Crippen LogP contribution in [0.25, 0.3) is 22.3 Å². The molecule has 1 aliphatic rings. The molecule has 0 saturated heterocycles. The molecule has 4 nitrogen and oxygen atoms in total. The minimum absolute atomic E-state index is 0.291. The normalized spacial score (nSPS) is 11.9. The molecule has 3 aromatic rings. The van der Waals surface area contributed by atoms with Crippen LogP contribution in [0.1, 0.15) is 11.1 Å². The Hall–Kier alpha value is -2.18. The summed E-state index contributed by atoms with van der Waals surface area (Å²) in [6.07, 6.45) is 0.757. The SMILES string of the molecule is O=[N+]([O-])c1cc(-c2c(Br)ccc3c2Cc2cc(Br)ccc2-3)ccc1O. The topological polar surface area (TPSA) is 63.4 Å². The van der Waals surface area contributed by atoms with Gasteiger partial charge < -0.3 is 5.11 Å². The fourth-order valence-electron chi connectivity index (χ4n) is 3.35. The second-order valence-electron chi connectivity index (χ2n) is 5.89. The van der Waals surface area contributed by atoms with Gasteiger partial charge in [0.1, 0.15) is 0 Å². The average Bonchev–Trinajstić information content (AvgIpc) is 2.92. The smallest absolute Gasteiger partial charge is 0.311 e. The van der Waals surface area contributed by atoms with Crippen molar-refractivity contribution in [2.75, 3.05) is 0 Å². The van der Waals surface area contributed by atoms with E-state index in [1.807, 2.05) is 12.1 Å². The number of nitro groups is 1. The molecule has 0 saturated carbocycles. The van der Waals surface area contributed by atoms with Gasteiger partial charge in [0.2, 0.25) is 0 Å². The Bertz CT molecular complexity index is 1050. The van der Waals surface area contributed by atoms with Crippen molar-refractivity contribution in [3.8, 4) is 28.0 Å². The molecule has 25 heavy (non-hydrogen) atoms. The number of fused-ring (bicyclic) bond motifs is 3. The van der Waals surface area contributed by atoms with Gasteiger partial charge >= 0.3 is 5.69 Å². The van der Waals surface area contributed by atoms with Crippen LogP contribution in [0, 0.1) is 10.1 Å². The molecule has 1 aliphatic carbocycles. The van der Waals surface area contributed by atoms with Gasteiger partial charge in [0, 0.05) is 20.6 Å². The van der Waals surface area contributed by atoms with Crippen LogP contribution >= 0.6 is 31.9 Å². The molecule has 0 heterocycles. The molecule has 0 bridgehead atoms. The van der Waals surface area contributed by atoms with Gasteiger partial charge in [-0.1, -0.05) is 50.1 Å². The number of nitro benzene ring substituents is 1. The summed E-state index contributed by atoms with van der Waals surface area (Å²) in [5, 5.41) is 20.9. The van der Waals surface area contributed by atoms with E-state index in [-0.39, 0.29) is 11.4 Å². The van der Waals surface area contributed by atoms with Gasteiger partial charge in [0.25, 0.3) is 0 Å². The van der Waals surface area contributed by atoms with Crippen LogP contribution in [0.4, 0.5) is 5.69 Å². The molecule has 0 unspecified atom stereocenters. The Kier molecular flexibility index (Phi) is 3.89. The highest BCUT2D eigenvalue weighted by Crippen LogP contribution is 2.46. The number of benzene rings is 3. The lowest BCUT2D eigenvalue weighted by Crippen LogP contribution is -1.93. The van der Waals surface area contributed by atoms with Crippen LogP contribution in [0.15, 0.2) is 57.5 Å². The summed E-state index contributed by atoms with van der Waals surface area (Å²) in [5.41, 5.74) is 6.00. The van der Waals surface area contributed by atoms with Crippen LogP contribution < -0.4 is 0 Å². The molecular formula is C19H11Br2NO3. The molecule has 0 atom stereocenters. The lowest BCUT2D eigenvalue weighted by molar-refractivity contribution is -0.385. The van der Waals surface area contributed by atoms with Crippen LogP contribution in [0.3, 0.4) is 0 Å². The fraction of sp³-hybridized carbons (Fsp3) is 0.0526. The van der Waals surface area contributed by atoms with Gasteiger partial charge in [0.15, 0.2) is 5.75 Å². The molecule has 6 heteroatoms. The Morgan fingerprint density at radius 3 is 2.52 bits per heavy atom. The molecule has 0 amide bonds. The van der Waals surface area contributed by atoms with Crippen molar-refractivity contribution in [1.29, 1.82) is 0 Å². The molecule has 0 spiro atoms. The first-order chi connectivity index (χ1) is 12.0. The zero-order valence-corrected chi connectivity index (χ0v) is 16.0. The number of aromatic hydroxyl groups is 1. The van der Waals surface area contributed by atoms with E-state index in [1.54, 1.807) is 6.07 Å². The summed E-state index contributed by atoms with van der Waals surface area (Å²) in [7, 11) is 0. The largest absolute Gasteiger partial charge is 0.502 e. The molecular weight excluding hydrogens is 450 g/mol. The van der Waals surface area contributed by atoms with E-state index in [0.29, 0.717) is 5.56 Å². The monoisotopic (exact) mass is 459 g/mol. The Labute approximate surface area is 160 Å². The summed E-state index contributed by atoms with van der Waals surface area (Å²) in [4.78, 5) is 10.6. The lowest BCUT2D eigenvalue weighted by atomic mass is 9.95. The Morgan fingerprint density at radius 2 is 1.76 bits per heavy atom. The van der Waals surface area contributed by atoms with Gasteiger partial charge in [-0.3, -0.25) is 10.1 Å². The summed E-state index contributed by atoms with van der Waals surface area (Å²) >= 11 is 7.09. The van der Waals surface area contributed by atoms with E-state index in [9.17, 15) is 15.2 Å². The van der Waals surface area contributed by atoms with E-state index in [2.05, 4.69) is 50.1 Å². The quantitative estimate of drug-likeness (QED) is 0.292. The highest BCUT2D eigenvalue weighted by molar-refractivity contribution is 9.10. The minimum Gasteiger partial charge on any atom is -0.502 e. The van der Waals surface area contributed by atoms with Crippen molar-refractivity contribution in [2.45, 2.75) is 6.42 Å². The van der Waals surface area contributed by atoms with Crippen LogP contribution in [0.2, 0.25) is 0 Å². The third-order valence-corrected chi connectivity index (χ3v) is 5.60. The Morgan fingerprint density at radius 1 is 1.00 bits per heavy atom. The average molecular weight is 461 g/mol. The number of nitrogens with zero attached hydrogens (tertiary/aromatic N) is 1. The van der Waals surface area contributed by atoms with Crippen molar-refractivity contribution < 1.29 is 10.0 Å². The van der Waals surface area contributed by atoms with Gasteiger partial charge in [0.05, 0.1) is 4.92 Å². The van der Waals surface area contributed by atoms with Crippen LogP contribution in [-0.2, 0) is 6.42 Å². The lowest BCUT2D eigenvalue weighted by Gasteiger charge is -2.12. The van der Waals surface area contributed by atoms with E-state index in [0.717, 1.165) is 32.1 Å². The van der Waals surface area contributed by atoms with Gasteiger partial charge in [-0.15, -0.1) is 0 Å². The molecule has 3 aromatic carbocycles. The molecule has 0 radical (unpaired) electrons. The minimum atomic E-state index is -0.568. The van der Waals surface area contributed by atoms with Crippen molar-refractivity contribution in [3.63, 3.8) is 0 Å². The summed E-state index contributed by atoms with van der Waals surface area (Å²) < 4.78 is 1.90. The van der Waals surface area contributed by atoms with Crippen molar-refractivity contribution in [3.05, 3.63) is 78.7 Å². The number of rotatable bonds is 2. The van der Waals surface area contributed by atoms with E-state index < -0.39 is 4.92 Å². The van der Waals surface area contributed by atoms with Crippen molar-refractivity contribution in [2.24, 2.45) is 0 Å². The molecule has 124 valence electrons. The molecule has 1 N–H and O–H groups in total. The van der Waals surface area contributed by atoms with Gasteiger partial charge in [-0.05, 0) is 58.5 Å². The predicted octanol–water partition coefficient (Wildman–Crippen LogP) is 6.06. The molecule has 0 aliphatic heterocycles.